The highest BCUT2D eigenvalue weighted by atomic mass is 16.4. The van der Waals surface area contributed by atoms with Crippen LogP contribution in [0, 0.1) is 0 Å². The zero-order chi connectivity index (χ0) is 15.9. The van der Waals surface area contributed by atoms with Crippen LogP contribution in [-0.2, 0) is 11.2 Å². The molecule has 3 aromatic rings. The third-order valence-electron chi connectivity index (χ3n) is 3.34. The van der Waals surface area contributed by atoms with Crippen LogP contribution >= 0.6 is 0 Å². The van der Waals surface area contributed by atoms with E-state index in [1.54, 1.807) is 0 Å². The van der Waals surface area contributed by atoms with E-state index in [1.807, 2.05) is 60.7 Å². The molecular formula is C18H17N3O2. The average molecular weight is 307 g/mol. The number of nitrogens with zero attached hydrogens (tertiary/aromatic N) is 2. The molecule has 116 valence electrons. The Bertz CT molecular complexity index is 754. The van der Waals surface area contributed by atoms with E-state index in [-0.39, 0.29) is 5.91 Å². The number of hydrogen-bond donors (Lipinski definition) is 1. The lowest BCUT2D eigenvalue weighted by molar-refractivity contribution is -0.116. The van der Waals surface area contributed by atoms with E-state index in [9.17, 15) is 4.79 Å². The van der Waals surface area contributed by atoms with Gasteiger partial charge in [0, 0.05) is 24.1 Å². The normalized spacial score (nSPS) is 10.4. The molecule has 0 saturated heterocycles. The standard InChI is InChI=1S/C18H17N3O2/c22-16(19-15-10-5-2-6-11-15)12-7-13-17-20-21-18(23-17)14-8-3-1-4-9-14/h1-6,8-11H,7,12-13H2,(H,19,22). The summed E-state index contributed by atoms with van der Waals surface area (Å²) in [4.78, 5) is 11.9. The lowest BCUT2D eigenvalue weighted by Crippen LogP contribution is -2.11. The molecule has 1 aromatic heterocycles. The second kappa shape index (κ2) is 7.35. The van der Waals surface area contributed by atoms with E-state index in [0.29, 0.717) is 31.0 Å². The molecule has 23 heavy (non-hydrogen) atoms. The molecule has 1 N–H and O–H groups in total. The molecule has 1 amide bonds. The van der Waals surface area contributed by atoms with Crippen molar-refractivity contribution in [2.75, 3.05) is 5.32 Å². The number of rotatable bonds is 6. The Morgan fingerprint density at radius 2 is 1.65 bits per heavy atom. The highest BCUT2D eigenvalue weighted by Crippen LogP contribution is 2.17. The molecule has 0 radical (unpaired) electrons. The minimum absolute atomic E-state index is 0.0148. The van der Waals surface area contributed by atoms with Crippen LogP contribution in [0.4, 0.5) is 5.69 Å². The molecule has 1 heterocycles. The quantitative estimate of drug-likeness (QED) is 0.754. The maximum atomic E-state index is 11.9. The molecule has 0 spiro atoms. The first kappa shape index (κ1) is 15.0. The summed E-state index contributed by atoms with van der Waals surface area (Å²) in [6, 6.07) is 19.0. The van der Waals surface area contributed by atoms with Crippen molar-refractivity contribution in [1.29, 1.82) is 0 Å². The molecule has 0 fully saturated rings. The molecule has 5 heteroatoms. The van der Waals surface area contributed by atoms with Gasteiger partial charge in [0.05, 0.1) is 0 Å². The molecular weight excluding hydrogens is 290 g/mol. The van der Waals surface area contributed by atoms with Crippen molar-refractivity contribution in [3.8, 4) is 11.5 Å². The number of carbonyl (C=O) groups excluding carboxylic acids is 1. The van der Waals surface area contributed by atoms with Crippen LogP contribution in [0.2, 0.25) is 0 Å². The Morgan fingerprint density at radius 1 is 0.957 bits per heavy atom. The Kier molecular flexibility index (Phi) is 4.79. The van der Waals surface area contributed by atoms with Crippen molar-refractivity contribution in [3.05, 3.63) is 66.6 Å². The fraction of sp³-hybridized carbons (Fsp3) is 0.167. The predicted molar refractivity (Wildman–Crippen MR) is 87.7 cm³/mol. The van der Waals surface area contributed by atoms with Crippen molar-refractivity contribution in [1.82, 2.24) is 10.2 Å². The van der Waals surface area contributed by atoms with Gasteiger partial charge in [0.15, 0.2) is 0 Å². The van der Waals surface area contributed by atoms with E-state index in [1.165, 1.54) is 0 Å². The molecule has 0 aliphatic carbocycles. The third-order valence-corrected chi connectivity index (χ3v) is 3.34. The summed E-state index contributed by atoms with van der Waals surface area (Å²) in [5, 5.41) is 10.9. The molecule has 5 nitrogen and oxygen atoms in total. The van der Waals surface area contributed by atoms with Crippen molar-refractivity contribution in [2.45, 2.75) is 19.3 Å². The van der Waals surface area contributed by atoms with Crippen LogP contribution < -0.4 is 5.32 Å². The Labute approximate surface area is 134 Å². The van der Waals surface area contributed by atoms with Gasteiger partial charge in [-0.25, -0.2) is 0 Å². The van der Waals surface area contributed by atoms with Crippen LogP contribution in [0.1, 0.15) is 18.7 Å². The second-order valence-corrected chi connectivity index (χ2v) is 5.13. The van der Waals surface area contributed by atoms with Crippen molar-refractivity contribution >= 4 is 11.6 Å². The summed E-state index contributed by atoms with van der Waals surface area (Å²) in [5.74, 6) is 1.05. The summed E-state index contributed by atoms with van der Waals surface area (Å²) in [7, 11) is 0. The van der Waals surface area contributed by atoms with Gasteiger partial charge in [-0.1, -0.05) is 36.4 Å². The molecule has 0 unspecified atom stereocenters. The van der Waals surface area contributed by atoms with Gasteiger partial charge in [-0.15, -0.1) is 10.2 Å². The third kappa shape index (κ3) is 4.26. The maximum Gasteiger partial charge on any atom is 0.247 e. The minimum Gasteiger partial charge on any atom is -0.421 e. The van der Waals surface area contributed by atoms with E-state index >= 15 is 0 Å². The van der Waals surface area contributed by atoms with Crippen LogP contribution in [0.5, 0.6) is 0 Å². The van der Waals surface area contributed by atoms with E-state index in [2.05, 4.69) is 15.5 Å². The van der Waals surface area contributed by atoms with Gasteiger partial charge in [0.2, 0.25) is 17.7 Å². The molecule has 0 aliphatic rings. The smallest absolute Gasteiger partial charge is 0.247 e. The van der Waals surface area contributed by atoms with Gasteiger partial charge >= 0.3 is 0 Å². The number of hydrogen-bond acceptors (Lipinski definition) is 4. The summed E-state index contributed by atoms with van der Waals surface area (Å²) >= 11 is 0. The van der Waals surface area contributed by atoms with Gasteiger partial charge < -0.3 is 9.73 Å². The highest BCUT2D eigenvalue weighted by molar-refractivity contribution is 5.90. The number of anilines is 1. The summed E-state index contributed by atoms with van der Waals surface area (Å²) in [6.45, 7) is 0. The number of aromatic nitrogens is 2. The molecule has 0 saturated carbocycles. The SMILES string of the molecule is O=C(CCCc1nnc(-c2ccccc2)o1)Nc1ccccc1. The fourth-order valence-corrected chi connectivity index (χ4v) is 2.20. The van der Waals surface area contributed by atoms with Crippen LogP contribution in [0.25, 0.3) is 11.5 Å². The molecule has 0 aliphatic heterocycles. The zero-order valence-corrected chi connectivity index (χ0v) is 12.6. The molecule has 2 aromatic carbocycles. The molecule has 0 atom stereocenters. The van der Waals surface area contributed by atoms with Gasteiger partial charge in [0.25, 0.3) is 0 Å². The molecule has 0 bridgehead atoms. The van der Waals surface area contributed by atoms with E-state index < -0.39 is 0 Å². The van der Waals surface area contributed by atoms with Crippen molar-refractivity contribution < 1.29 is 9.21 Å². The fourth-order valence-electron chi connectivity index (χ4n) is 2.20. The average Bonchev–Trinajstić information content (AvgIpc) is 3.05. The summed E-state index contributed by atoms with van der Waals surface area (Å²) in [6.07, 6.45) is 1.66. The van der Waals surface area contributed by atoms with Crippen LogP contribution in [0.3, 0.4) is 0 Å². The number of amides is 1. The van der Waals surface area contributed by atoms with Gasteiger partial charge in [-0.3, -0.25) is 4.79 Å². The highest BCUT2D eigenvalue weighted by Gasteiger charge is 2.09. The summed E-state index contributed by atoms with van der Waals surface area (Å²) < 4.78 is 5.62. The number of aryl methyl sites for hydroxylation is 1. The Balaban J connectivity index is 1.48. The van der Waals surface area contributed by atoms with Crippen LogP contribution in [0.15, 0.2) is 65.1 Å². The first-order valence-electron chi connectivity index (χ1n) is 7.54. The lowest BCUT2D eigenvalue weighted by atomic mass is 10.2. The topological polar surface area (TPSA) is 68.0 Å². The maximum absolute atomic E-state index is 11.9. The second-order valence-electron chi connectivity index (χ2n) is 5.13. The lowest BCUT2D eigenvalue weighted by Gasteiger charge is -2.03. The number of nitrogens with one attached hydrogen (secondary N) is 1. The van der Waals surface area contributed by atoms with E-state index in [4.69, 9.17) is 4.42 Å². The zero-order valence-electron chi connectivity index (χ0n) is 12.6. The monoisotopic (exact) mass is 307 g/mol. The first-order chi connectivity index (χ1) is 11.3. The largest absolute Gasteiger partial charge is 0.421 e. The summed E-state index contributed by atoms with van der Waals surface area (Å²) in [5.41, 5.74) is 1.70. The Morgan fingerprint density at radius 3 is 2.39 bits per heavy atom. The van der Waals surface area contributed by atoms with Crippen LogP contribution in [-0.4, -0.2) is 16.1 Å². The van der Waals surface area contributed by atoms with Gasteiger partial charge in [-0.05, 0) is 30.7 Å². The van der Waals surface area contributed by atoms with Gasteiger partial charge in [-0.2, -0.15) is 0 Å². The van der Waals surface area contributed by atoms with E-state index in [0.717, 1.165) is 11.3 Å². The minimum atomic E-state index is -0.0148. The van der Waals surface area contributed by atoms with Crippen molar-refractivity contribution in [2.24, 2.45) is 0 Å². The van der Waals surface area contributed by atoms with Gasteiger partial charge in [0.1, 0.15) is 0 Å². The first-order valence-corrected chi connectivity index (χ1v) is 7.54. The Hall–Kier alpha value is -2.95. The molecule has 3 rings (SSSR count). The predicted octanol–water partition coefficient (Wildman–Crippen LogP) is 3.70. The number of carbonyl (C=O) groups is 1. The number of para-hydroxylation sites is 1. The number of benzene rings is 2. The van der Waals surface area contributed by atoms with Crippen molar-refractivity contribution in [3.63, 3.8) is 0 Å².